The Hall–Kier alpha value is -2.30. The minimum Gasteiger partial charge on any atom is -0.396 e. The van der Waals surface area contributed by atoms with E-state index in [1.165, 1.54) is 18.2 Å². The van der Waals surface area contributed by atoms with Gasteiger partial charge < -0.3 is 5.73 Å². The molecule has 0 unspecified atom stereocenters. The van der Waals surface area contributed by atoms with Crippen molar-refractivity contribution < 1.29 is 12.8 Å². The van der Waals surface area contributed by atoms with E-state index in [0.29, 0.717) is 5.56 Å². The van der Waals surface area contributed by atoms with Crippen molar-refractivity contribution in [3.63, 3.8) is 0 Å². The summed E-state index contributed by atoms with van der Waals surface area (Å²) in [6.07, 6.45) is 0. The van der Waals surface area contributed by atoms with E-state index in [1.54, 1.807) is 0 Å². The lowest BCUT2D eigenvalue weighted by Gasteiger charge is -2.10. The summed E-state index contributed by atoms with van der Waals surface area (Å²) in [7, 11) is -3.96. The number of hydrogen-bond acceptors (Lipinski definition) is 4. The fourth-order valence-electron chi connectivity index (χ4n) is 1.56. The summed E-state index contributed by atoms with van der Waals surface area (Å²) in [4.78, 5) is -0.193. The predicted octanol–water partition coefficient (Wildman–Crippen LogP) is 2.73. The molecule has 0 aliphatic rings. The number of sulfonamides is 1. The SMILES string of the molecule is N#Cc1ccc(NS(=O)(=O)c2ccc(F)c(N)c2)c(Cl)c1. The van der Waals surface area contributed by atoms with Crippen molar-refractivity contribution in [2.45, 2.75) is 4.90 Å². The molecule has 0 aromatic heterocycles. The van der Waals surface area contributed by atoms with Gasteiger partial charge in [-0.25, -0.2) is 12.8 Å². The van der Waals surface area contributed by atoms with Gasteiger partial charge >= 0.3 is 0 Å². The lowest BCUT2D eigenvalue weighted by Crippen LogP contribution is -2.13. The number of nitriles is 1. The first-order valence-electron chi connectivity index (χ1n) is 5.61. The molecule has 21 heavy (non-hydrogen) atoms. The normalized spacial score (nSPS) is 10.9. The highest BCUT2D eigenvalue weighted by Gasteiger charge is 2.17. The fraction of sp³-hybridized carbons (Fsp3) is 0. The molecule has 0 atom stereocenters. The number of halogens is 2. The van der Waals surface area contributed by atoms with E-state index in [-0.39, 0.29) is 21.3 Å². The molecule has 0 saturated heterocycles. The van der Waals surface area contributed by atoms with Crippen LogP contribution in [-0.2, 0) is 10.0 Å². The van der Waals surface area contributed by atoms with Crippen LogP contribution >= 0.6 is 11.6 Å². The van der Waals surface area contributed by atoms with Crippen molar-refractivity contribution in [2.24, 2.45) is 0 Å². The Labute approximate surface area is 125 Å². The van der Waals surface area contributed by atoms with Gasteiger partial charge in [-0.1, -0.05) is 11.6 Å². The van der Waals surface area contributed by atoms with Crippen LogP contribution in [0.1, 0.15) is 5.56 Å². The van der Waals surface area contributed by atoms with E-state index in [9.17, 15) is 12.8 Å². The second-order valence-corrected chi connectivity index (χ2v) is 6.18. The lowest BCUT2D eigenvalue weighted by atomic mass is 10.2. The van der Waals surface area contributed by atoms with Gasteiger partial charge in [0, 0.05) is 0 Å². The summed E-state index contributed by atoms with van der Waals surface area (Å²) in [6.45, 7) is 0. The van der Waals surface area contributed by atoms with Gasteiger partial charge in [0.2, 0.25) is 0 Å². The molecule has 0 saturated carbocycles. The van der Waals surface area contributed by atoms with E-state index in [4.69, 9.17) is 22.6 Å². The van der Waals surface area contributed by atoms with Gasteiger partial charge in [0.25, 0.3) is 10.0 Å². The largest absolute Gasteiger partial charge is 0.396 e. The van der Waals surface area contributed by atoms with E-state index in [0.717, 1.165) is 18.2 Å². The summed E-state index contributed by atoms with van der Waals surface area (Å²) in [6, 6.07) is 9.06. The topological polar surface area (TPSA) is 96.0 Å². The minimum absolute atomic E-state index is 0.0766. The molecular weight excluding hydrogens is 317 g/mol. The molecule has 3 N–H and O–H groups in total. The summed E-state index contributed by atoms with van der Waals surface area (Å²) in [5.41, 5.74) is 5.48. The van der Waals surface area contributed by atoms with Crippen LogP contribution < -0.4 is 10.5 Å². The molecule has 8 heteroatoms. The molecule has 0 radical (unpaired) electrons. The molecule has 0 amide bonds. The van der Waals surface area contributed by atoms with Crippen LogP contribution in [-0.4, -0.2) is 8.42 Å². The molecular formula is C13H9ClFN3O2S. The maximum absolute atomic E-state index is 13.1. The van der Waals surface area contributed by atoms with Crippen LogP contribution in [0.15, 0.2) is 41.3 Å². The molecule has 2 aromatic rings. The number of anilines is 2. The molecule has 2 rings (SSSR count). The van der Waals surface area contributed by atoms with E-state index in [2.05, 4.69) is 4.72 Å². The highest BCUT2D eigenvalue weighted by molar-refractivity contribution is 7.92. The zero-order valence-corrected chi connectivity index (χ0v) is 12.0. The molecule has 0 aliphatic carbocycles. The molecule has 0 aliphatic heterocycles. The van der Waals surface area contributed by atoms with Gasteiger partial charge in [-0.3, -0.25) is 4.72 Å². The van der Waals surface area contributed by atoms with Gasteiger partial charge in [-0.05, 0) is 36.4 Å². The number of benzene rings is 2. The highest BCUT2D eigenvalue weighted by atomic mass is 35.5. The number of hydrogen-bond donors (Lipinski definition) is 2. The first-order chi connectivity index (χ1) is 9.83. The van der Waals surface area contributed by atoms with Crippen LogP contribution in [0.4, 0.5) is 15.8 Å². The van der Waals surface area contributed by atoms with Gasteiger partial charge in [-0.2, -0.15) is 5.26 Å². The second kappa shape index (κ2) is 5.60. The van der Waals surface area contributed by atoms with Crippen LogP contribution in [0, 0.1) is 17.1 Å². The van der Waals surface area contributed by atoms with Crippen molar-refractivity contribution in [3.05, 3.63) is 52.8 Å². The highest BCUT2D eigenvalue weighted by Crippen LogP contribution is 2.26. The summed E-state index contributed by atoms with van der Waals surface area (Å²) in [5.74, 6) is -0.703. The minimum atomic E-state index is -3.96. The average molecular weight is 326 g/mol. The smallest absolute Gasteiger partial charge is 0.262 e. The van der Waals surface area contributed by atoms with Crippen molar-refractivity contribution >= 4 is 33.0 Å². The number of rotatable bonds is 3. The molecule has 0 fully saturated rings. The Bertz CT molecular complexity index is 847. The Kier molecular flexibility index (Phi) is 4.02. The zero-order valence-electron chi connectivity index (χ0n) is 10.5. The quantitative estimate of drug-likeness (QED) is 0.848. The third-order valence-corrected chi connectivity index (χ3v) is 4.30. The summed E-state index contributed by atoms with van der Waals surface area (Å²) >= 11 is 5.90. The Morgan fingerprint density at radius 3 is 2.52 bits per heavy atom. The number of nitrogen functional groups attached to an aromatic ring is 1. The molecule has 2 aromatic carbocycles. The summed E-state index contributed by atoms with van der Waals surface area (Å²) in [5, 5.41) is 8.80. The van der Waals surface area contributed by atoms with Crippen LogP contribution in [0.3, 0.4) is 0 Å². The number of nitrogens with zero attached hydrogens (tertiary/aromatic N) is 1. The average Bonchev–Trinajstić information content (AvgIpc) is 2.43. The predicted molar refractivity (Wildman–Crippen MR) is 77.8 cm³/mol. The van der Waals surface area contributed by atoms with E-state index in [1.807, 2.05) is 6.07 Å². The monoisotopic (exact) mass is 325 g/mol. The molecule has 108 valence electrons. The first kappa shape index (κ1) is 15.1. The van der Waals surface area contributed by atoms with Crippen molar-refractivity contribution in [2.75, 3.05) is 10.5 Å². The summed E-state index contributed by atoms with van der Waals surface area (Å²) < 4.78 is 39.6. The molecule has 0 bridgehead atoms. The van der Waals surface area contributed by atoms with Crippen LogP contribution in [0.2, 0.25) is 5.02 Å². The second-order valence-electron chi connectivity index (χ2n) is 4.10. The number of nitrogens with two attached hydrogens (primary N) is 1. The third kappa shape index (κ3) is 3.24. The molecule has 0 heterocycles. The van der Waals surface area contributed by atoms with Gasteiger partial charge in [0.1, 0.15) is 5.82 Å². The third-order valence-electron chi connectivity index (χ3n) is 2.62. The van der Waals surface area contributed by atoms with E-state index >= 15 is 0 Å². The van der Waals surface area contributed by atoms with E-state index < -0.39 is 15.8 Å². The van der Waals surface area contributed by atoms with Crippen LogP contribution in [0.25, 0.3) is 0 Å². The maximum atomic E-state index is 13.1. The zero-order chi connectivity index (χ0) is 15.6. The fourth-order valence-corrected chi connectivity index (χ4v) is 2.96. The number of nitrogens with one attached hydrogen (secondary N) is 1. The van der Waals surface area contributed by atoms with Gasteiger partial charge in [0.15, 0.2) is 0 Å². The van der Waals surface area contributed by atoms with Crippen molar-refractivity contribution in [3.8, 4) is 6.07 Å². The Morgan fingerprint density at radius 2 is 1.95 bits per heavy atom. The van der Waals surface area contributed by atoms with Crippen LogP contribution in [0.5, 0.6) is 0 Å². The Balaban J connectivity index is 2.37. The van der Waals surface area contributed by atoms with Gasteiger partial charge in [-0.15, -0.1) is 0 Å². The maximum Gasteiger partial charge on any atom is 0.262 e. The standard InChI is InChI=1S/C13H9ClFN3O2S/c14-10-5-8(7-16)1-4-13(10)18-21(19,20)9-2-3-11(15)12(17)6-9/h1-6,18H,17H2. The molecule has 0 spiro atoms. The molecule has 5 nitrogen and oxygen atoms in total. The van der Waals surface area contributed by atoms with Crippen molar-refractivity contribution in [1.82, 2.24) is 0 Å². The first-order valence-corrected chi connectivity index (χ1v) is 7.47. The lowest BCUT2D eigenvalue weighted by molar-refractivity contribution is 0.600. The van der Waals surface area contributed by atoms with Gasteiger partial charge in [0.05, 0.1) is 32.9 Å². The Morgan fingerprint density at radius 1 is 1.24 bits per heavy atom. The van der Waals surface area contributed by atoms with Crippen molar-refractivity contribution in [1.29, 1.82) is 5.26 Å².